The van der Waals surface area contributed by atoms with Crippen molar-refractivity contribution in [3.05, 3.63) is 33.8 Å². The lowest BCUT2D eigenvalue weighted by atomic mass is 9.84. The standard InChI is InChI=1S/C15H21BrN2O/c1-10-8-11(6-7-13(10)16)15(19)18-14-5-3-2-4-12(14)9-17/h6-8,12,14H,2-5,9,17H2,1H3,(H,18,19). The van der Waals surface area contributed by atoms with Gasteiger partial charge in [0.25, 0.3) is 5.91 Å². The second-order valence-corrected chi connectivity index (χ2v) is 6.18. The lowest BCUT2D eigenvalue weighted by Crippen LogP contribution is -2.44. The van der Waals surface area contributed by atoms with Crippen molar-refractivity contribution in [2.45, 2.75) is 38.6 Å². The van der Waals surface area contributed by atoms with Crippen LogP contribution in [0.3, 0.4) is 0 Å². The summed E-state index contributed by atoms with van der Waals surface area (Å²) in [4.78, 5) is 12.3. The van der Waals surface area contributed by atoms with Crippen LogP contribution in [0.25, 0.3) is 0 Å². The summed E-state index contributed by atoms with van der Waals surface area (Å²) >= 11 is 3.45. The molecule has 1 fully saturated rings. The number of hydrogen-bond donors (Lipinski definition) is 2. The number of hydrogen-bond acceptors (Lipinski definition) is 2. The number of benzene rings is 1. The molecule has 2 rings (SSSR count). The zero-order valence-electron chi connectivity index (χ0n) is 11.3. The Hall–Kier alpha value is -0.870. The Kier molecular flexibility index (Phi) is 4.99. The quantitative estimate of drug-likeness (QED) is 0.898. The fourth-order valence-electron chi connectivity index (χ4n) is 2.72. The highest BCUT2D eigenvalue weighted by Gasteiger charge is 2.25. The summed E-state index contributed by atoms with van der Waals surface area (Å²) < 4.78 is 1.03. The molecule has 3 nitrogen and oxygen atoms in total. The monoisotopic (exact) mass is 324 g/mol. The molecule has 1 saturated carbocycles. The van der Waals surface area contributed by atoms with Crippen LogP contribution in [0.1, 0.15) is 41.6 Å². The predicted molar refractivity (Wildman–Crippen MR) is 81.1 cm³/mol. The summed E-state index contributed by atoms with van der Waals surface area (Å²) in [6.45, 7) is 2.65. The van der Waals surface area contributed by atoms with E-state index in [4.69, 9.17) is 5.73 Å². The van der Waals surface area contributed by atoms with Gasteiger partial charge in [-0.3, -0.25) is 4.79 Å². The molecule has 2 unspecified atom stereocenters. The summed E-state index contributed by atoms with van der Waals surface area (Å²) in [7, 11) is 0. The molecule has 1 aromatic rings. The van der Waals surface area contributed by atoms with Crippen LogP contribution >= 0.6 is 15.9 Å². The highest BCUT2D eigenvalue weighted by atomic mass is 79.9. The van der Waals surface area contributed by atoms with Crippen molar-refractivity contribution in [3.63, 3.8) is 0 Å². The number of nitrogens with one attached hydrogen (secondary N) is 1. The smallest absolute Gasteiger partial charge is 0.251 e. The van der Waals surface area contributed by atoms with Gasteiger partial charge >= 0.3 is 0 Å². The van der Waals surface area contributed by atoms with Crippen LogP contribution in [0.5, 0.6) is 0 Å². The lowest BCUT2D eigenvalue weighted by Gasteiger charge is -2.31. The molecular weight excluding hydrogens is 304 g/mol. The van der Waals surface area contributed by atoms with E-state index in [-0.39, 0.29) is 11.9 Å². The van der Waals surface area contributed by atoms with Crippen LogP contribution < -0.4 is 11.1 Å². The molecule has 0 aliphatic heterocycles. The van der Waals surface area contributed by atoms with Crippen molar-refractivity contribution < 1.29 is 4.79 Å². The van der Waals surface area contributed by atoms with Crippen LogP contribution in [0.2, 0.25) is 0 Å². The fraction of sp³-hybridized carbons (Fsp3) is 0.533. The minimum absolute atomic E-state index is 0.0148. The first kappa shape index (κ1) is 14.5. The Labute approximate surface area is 123 Å². The summed E-state index contributed by atoms with van der Waals surface area (Å²) in [5.74, 6) is 0.440. The van der Waals surface area contributed by atoms with Crippen LogP contribution in [0, 0.1) is 12.8 Å². The molecule has 4 heteroatoms. The van der Waals surface area contributed by atoms with Crippen molar-refractivity contribution >= 4 is 21.8 Å². The molecule has 0 spiro atoms. The second-order valence-electron chi connectivity index (χ2n) is 5.32. The van der Waals surface area contributed by atoms with Crippen molar-refractivity contribution in [2.75, 3.05) is 6.54 Å². The predicted octanol–water partition coefficient (Wildman–Crippen LogP) is 3.00. The third-order valence-electron chi connectivity index (χ3n) is 3.95. The molecule has 1 amide bonds. The van der Waals surface area contributed by atoms with E-state index in [0.29, 0.717) is 12.5 Å². The van der Waals surface area contributed by atoms with Gasteiger partial charge in [0, 0.05) is 16.1 Å². The summed E-state index contributed by atoms with van der Waals surface area (Å²) in [5, 5.41) is 3.15. The molecule has 1 aliphatic carbocycles. The first-order valence-electron chi connectivity index (χ1n) is 6.89. The maximum atomic E-state index is 12.3. The number of carbonyl (C=O) groups is 1. The normalized spacial score (nSPS) is 23.1. The van der Waals surface area contributed by atoms with Gasteiger partial charge in [-0.2, -0.15) is 0 Å². The fourth-order valence-corrected chi connectivity index (χ4v) is 2.96. The molecule has 1 aromatic carbocycles. The molecule has 3 N–H and O–H groups in total. The van der Waals surface area contributed by atoms with E-state index >= 15 is 0 Å². The lowest BCUT2D eigenvalue weighted by molar-refractivity contribution is 0.0908. The maximum absolute atomic E-state index is 12.3. The molecular formula is C15H21BrN2O. The molecule has 0 bridgehead atoms. The zero-order chi connectivity index (χ0) is 13.8. The molecule has 19 heavy (non-hydrogen) atoms. The van der Waals surface area contributed by atoms with Crippen LogP contribution in [-0.2, 0) is 0 Å². The SMILES string of the molecule is Cc1cc(C(=O)NC2CCCCC2CN)ccc1Br. The van der Waals surface area contributed by atoms with Gasteiger partial charge in [0.1, 0.15) is 0 Å². The number of nitrogens with two attached hydrogens (primary N) is 1. The van der Waals surface area contributed by atoms with E-state index in [1.54, 1.807) is 0 Å². The average molecular weight is 325 g/mol. The van der Waals surface area contributed by atoms with Crippen molar-refractivity contribution in [2.24, 2.45) is 11.7 Å². The van der Waals surface area contributed by atoms with Crippen LogP contribution in [0.15, 0.2) is 22.7 Å². The van der Waals surface area contributed by atoms with Gasteiger partial charge in [0.15, 0.2) is 0 Å². The van der Waals surface area contributed by atoms with E-state index in [1.807, 2.05) is 25.1 Å². The minimum Gasteiger partial charge on any atom is -0.349 e. The molecule has 0 saturated heterocycles. The maximum Gasteiger partial charge on any atom is 0.251 e. The van der Waals surface area contributed by atoms with Crippen molar-refractivity contribution in [1.29, 1.82) is 0 Å². The molecule has 0 heterocycles. The van der Waals surface area contributed by atoms with Crippen LogP contribution in [-0.4, -0.2) is 18.5 Å². The Bertz CT molecular complexity index is 461. The Balaban J connectivity index is 2.05. The number of aryl methyl sites for hydroxylation is 1. The third kappa shape index (κ3) is 3.57. The summed E-state index contributed by atoms with van der Waals surface area (Å²) in [5.41, 5.74) is 7.59. The average Bonchev–Trinajstić information content (AvgIpc) is 2.42. The van der Waals surface area contributed by atoms with Gasteiger partial charge in [-0.1, -0.05) is 28.8 Å². The summed E-state index contributed by atoms with van der Waals surface area (Å²) in [6.07, 6.45) is 4.58. The second kappa shape index (κ2) is 6.53. The molecule has 0 aromatic heterocycles. The first-order chi connectivity index (χ1) is 9.11. The molecule has 2 atom stereocenters. The first-order valence-corrected chi connectivity index (χ1v) is 7.68. The highest BCUT2D eigenvalue weighted by Crippen LogP contribution is 2.24. The van der Waals surface area contributed by atoms with Gasteiger partial charge in [0.05, 0.1) is 0 Å². The van der Waals surface area contributed by atoms with Gasteiger partial charge in [0.2, 0.25) is 0 Å². The van der Waals surface area contributed by atoms with Gasteiger partial charge in [-0.05, 0) is 56.0 Å². The number of rotatable bonds is 3. The molecule has 1 aliphatic rings. The Morgan fingerprint density at radius 2 is 2.16 bits per heavy atom. The Morgan fingerprint density at radius 1 is 1.42 bits per heavy atom. The van der Waals surface area contributed by atoms with Crippen molar-refractivity contribution in [3.8, 4) is 0 Å². The van der Waals surface area contributed by atoms with Crippen molar-refractivity contribution in [1.82, 2.24) is 5.32 Å². The number of halogens is 1. The largest absolute Gasteiger partial charge is 0.349 e. The van der Waals surface area contributed by atoms with E-state index in [9.17, 15) is 4.79 Å². The van der Waals surface area contributed by atoms with E-state index < -0.39 is 0 Å². The number of amides is 1. The molecule has 104 valence electrons. The summed E-state index contributed by atoms with van der Waals surface area (Å²) in [6, 6.07) is 5.92. The van der Waals surface area contributed by atoms with Gasteiger partial charge < -0.3 is 11.1 Å². The van der Waals surface area contributed by atoms with Gasteiger partial charge in [-0.25, -0.2) is 0 Å². The Morgan fingerprint density at radius 3 is 2.84 bits per heavy atom. The zero-order valence-corrected chi connectivity index (χ0v) is 12.9. The minimum atomic E-state index is 0.0148. The topological polar surface area (TPSA) is 55.1 Å². The molecule has 0 radical (unpaired) electrons. The number of carbonyl (C=O) groups excluding carboxylic acids is 1. The highest BCUT2D eigenvalue weighted by molar-refractivity contribution is 9.10. The van der Waals surface area contributed by atoms with Crippen LogP contribution in [0.4, 0.5) is 0 Å². The van der Waals surface area contributed by atoms with E-state index in [2.05, 4.69) is 21.2 Å². The third-order valence-corrected chi connectivity index (χ3v) is 4.84. The van der Waals surface area contributed by atoms with Gasteiger partial charge in [-0.15, -0.1) is 0 Å². The van der Waals surface area contributed by atoms with E-state index in [1.165, 1.54) is 12.8 Å². The van der Waals surface area contributed by atoms with E-state index in [0.717, 1.165) is 28.4 Å².